The third kappa shape index (κ3) is 5.83. The van der Waals surface area contributed by atoms with Crippen LogP contribution in [0.1, 0.15) is 43.8 Å². The molecule has 0 saturated carbocycles. The second-order valence-corrected chi connectivity index (χ2v) is 15.6. The largest absolute Gasteiger partial charge is 0.467 e. The van der Waals surface area contributed by atoms with Crippen molar-refractivity contribution in [3.8, 4) is 0 Å². The molecule has 0 bridgehead atoms. The zero-order chi connectivity index (χ0) is 22.9. The van der Waals surface area contributed by atoms with Crippen molar-refractivity contribution in [2.75, 3.05) is 19.5 Å². The molecule has 0 radical (unpaired) electrons. The Morgan fingerprint density at radius 3 is 2.43 bits per heavy atom. The fourth-order valence-corrected chi connectivity index (χ4v) is 3.94. The van der Waals surface area contributed by atoms with Crippen LogP contribution in [0.2, 0.25) is 25.7 Å². The average molecular weight is 436 g/mol. The van der Waals surface area contributed by atoms with Crippen LogP contribution in [-0.4, -0.2) is 42.9 Å². The van der Waals surface area contributed by atoms with Crippen molar-refractivity contribution in [2.24, 2.45) is 0 Å². The molecular weight excluding hydrogens is 398 g/mol. The molecule has 2 rings (SSSR count). The fourth-order valence-electron chi connectivity index (χ4n) is 3.18. The second kappa shape index (κ2) is 9.07. The number of anilines is 1. The van der Waals surface area contributed by atoms with Crippen LogP contribution in [0, 0.1) is 13.8 Å². The number of hydrogen-bond acceptors (Lipinski definition) is 6. The van der Waals surface area contributed by atoms with Gasteiger partial charge < -0.3 is 24.5 Å². The van der Waals surface area contributed by atoms with Crippen LogP contribution in [0.3, 0.4) is 0 Å². The highest BCUT2D eigenvalue weighted by Gasteiger charge is 2.31. The summed E-state index contributed by atoms with van der Waals surface area (Å²) in [5.74, 6) is 0.355. The molecule has 1 aromatic carbocycles. The molecule has 1 heterocycles. The number of ether oxygens (including phenoxy) is 3. The van der Waals surface area contributed by atoms with Gasteiger partial charge in [-0.25, -0.2) is 9.78 Å². The molecule has 0 fully saturated rings. The average Bonchev–Trinajstić information content (AvgIpc) is 2.93. The summed E-state index contributed by atoms with van der Waals surface area (Å²) in [6.45, 7) is 17.6. The Balaban J connectivity index is 2.48. The summed E-state index contributed by atoms with van der Waals surface area (Å²) in [6, 6.07) is 3.02. The topological polar surface area (TPSA) is 88.6 Å². The normalized spacial score (nSPS) is 13.6. The van der Waals surface area contributed by atoms with Crippen molar-refractivity contribution >= 4 is 30.8 Å². The minimum Gasteiger partial charge on any atom is -0.467 e. The Hall–Kier alpha value is -1.90. The van der Waals surface area contributed by atoms with Gasteiger partial charge in [-0.1, -0.05) is 19.6 Å². The molecular formula is C22H37N3O4Si. The number of carbonyl (C=O) groups excluding carboxylic acids is 1. The molecule has 2 N–H and O–H groups in total. The molecule has 8 heteroatoms. The Labute approximate surface area is 180 Å². The van der Waals surface area contributed by atoms with E-state index in [9.17, 15) is 4.79 Å². The first-order valence-electron chi connectivity index (χ1n) is 10.3. The Morgan fingerprint density at radius 1 is 1.27 bits per heavy atom. The van der Waals surface area contributed by atoms with Gasteiger partial charge in [0.1, 0.15) is 18.1 Å². The van der Waals surface area contributed by atoms with Gasteiger partial charge in [0.2, 0.25) is 0 Å². The summed E-state index contributed by atoms with van der Waals surface area (Å²) in [4.78, 5) is 17.2. The number of aromatic nitrogens is 2. The van der Waals surface area contributed by atoms with Crippen LogP contribution < -0.4 is 5.73 Å². The zero-order valence-electron chi connectivity index (χ0n) is 19.9. The van der Waals surface area contributed by atoms with E-state index in [1.165, 1.54) is 7.11 Å². The van der Waals surface area contributed by atoms with Crippen LogP contribution >= 0.6 is 0 Å². The van der Waals surface area contributed by atoms with E-state index in [1.807, 2.05) is 45.3 Å². The van der Waals surface area contributed by atoms with Crippen molar-refractivity contribution in [1.82, 2.24) is 9.55 Å². The summed E-state index contributed by atoms with van der Waals surface area (Å²) in [6.07, 6.45) is -0.877. The zero-order valence-corrected chi connectivity index (χ0v) is 20.9. The van der Waals surface area contributed by atoms with Crippen molar-refractivity contribution in [3.63, 3.8) is 0 Å². The van der Waals surface area contributed by atoms with E-state index in [2.05, 4.69) is 24.6 Å². The Morgan fingerprint density at radius 2 is 1.90 bits per heavy atom. The lowest BCUT2D eigenvalue weighted by Crippen LogP contribution is -2.29. The quantitative estimate of drug-likeness (QED) is 0.283. The molecule has 0 aliphatic heterocycles. The molecule has 168 valence electrons. The van der Waals surface area contributed by atoms with Crippen LogP contribution in [-0.2, 0) is 25.7 Å². The van der Waals surface area contributed by atoms with Crippen LogP contribution in [0.25, 0.3) is 11.0 Å². The molecule has 7 nitrogen and oxygen atoms in total. The predicted octanol–water partition coefficient (Wildman–Crippen LogP) is 4.58. The van der Waals surface area contributed by atoms with Gasteiger partial charge in [-0.2, -0.15) is 0 Å². The second-order valence-electron chi connectivity index (χ2n) is 9.94. The summed E-state index contributed by atoms with van der Waals surface area (Å²) in [5, 5.41) is 0. The van der Waals surface area contributed by atoms with Crippen LogP contribution in [0.15, 0.2) is 6.07 Å². The van der Waals surface area contributed by atoms with E-state index in [0.29, 0.717) is 30.1 Å². The number of benzene rings is 1. The van der Waals surface area contributed by atoms with E-state index in [4.69, 9.17) is 19.9 Å². The number of aryl methyl sites for hydroxylation is 1. The number of nitrogens with two attached hydrogens (primary N) is 1. The molecule has 1 atom stereocenters. The van der Waals surface area contributed by atoms with Gasteiger partial charge in [0.25, 0.3) is 0 Å². The third-order valence-corrected chi connectivity index (χ3v) is 6.67. The lowest BCUT2D eigenvalue weighted by Gasteiger charge is -2.27. The number of esters is 1. The summed E-state index contributed by atoms with van der Waals surface area (Å²) < 4.78 is 19.0. The van der Waals surface area contributed by atoms with E-state index < -0.39 is 25.7 Å². The van der Waals surface area contributed by atoms with Gasteiger partial charge in [-0.15, -0.1) is 0 Å². The van der Waals surface area contributed by atoms with E-state index in [1.54, 1.807) is 0 Å². The SMILES string of the molecule is COC(=O)C(OC(C)(C)C)c1cc2c(nc(C)n2COCC[Si](C)(C)C)c(N)c1C. The summed E-state index contributed by atoms with van der Waals surface area (Å²) >= 11 is 0. The first-order chi connectivity index (χ1) is 13.7. The van der Waals surface area contributed by atoms with E-state index >= 15 is 0 Å². The highest BCUT2D eigenvalue weighted by molar-refractivity contribution is 6.76. The highest BCUT2D eigenvalue weighted by atomic mass is 28.3. The van der Waals surface area contributed by atoms with Gasteiger partial charge in [-0.05, 0) is 57.9 Å². The first-order valence-corrected chi connectivity index (χ1v) is 14.0. The molecule has 2 aromatic rings. The lowest BCUT2D eigenvalue weighted by atomic mass is 9.99. The summed E-state index contributed by atoms with van der Waals surface area (Å²) in [7, 11) is 0.196. The number of nitrogen functional groups attached to an aromatic ring is 1. The number of hydrogen-bond donors (Lipinski definition) is 1. The third-order valence-electron chi connectivity index (χ3n) is 4.97. The smallest absolute Gasteiger partial charge is 0.339 e. The monoisotopic (exact) mass is 435 g/mol. The molecule has 0 amide bonds. The van der Waals surface area contributed by atoms with Gasteiger partial charge >= 0.3 is 5.97 Å². The van der Waals surface area contributed by atoms with Crippen molar-refractivity contribution in [1.29, 1.82) is 0 Å². The maximum absolute atomic E-state index is 12.6. The van der Waals surface area contributed by atoms with Gasteiger partial charge in [-0.3, -0.25) is 0 Å². The van der Waals surface area contributed by atoms with Crippen LogP contribution in [0.4, 0.5) is 5.69 Å². The molecule has 0 aliphatic rings. The van der Waals surface area contributed by atoms with Gasteiger partial charge in [0, 0.05) is 14.7 Å². The molecule has 1 unspecified atom stereocenters. The molecule has 0 spiro atoms. The Kier molecular flexibility index (Phi) is 7.37. The highest BCUT2D eigenvalue weighted by Crippen LogP contribution is 2.35. The standard InChI is InChI=1S/C22H37N3O4Si/c1-14-16(20(21(26)27-6)29-22(3,4)5)12-17-19(18(14)23)24-15(2)25(17)13-28-10-11-30(7,8)9/h12,20H,10-11,13,23H2,1-9H3. The maximum atomic E-state index is 12.6. The maximum Gasteiger partial charge on any atom is 0.339 e. The summed E-state index contributed by atoms with van der Waals surface area (Å²) in [5.41, 5.74) is 9.43. The number of carbonyl (C=O) groups is 1. The number of imidazole rings is 1. The van der Waals surface area contributed by atoms with E-state index in [-0.39, 0.29) is 0 Å². The predicted molar refractivity (Wildman–Crippen MR) is 123 cm³/mol. The number of methoxy groups -OCH3 is 1. The van der Waals surface area contributed by atoms with E-state index in [0.717, 1.165) is 22.9 Å². The van der Waals surface area contributed by atoms with Crippen molar-refractivity contribution < 1.29 is 19.0 Å². The number of rotatable bonds is 8. The minimum absolute atomic E-state index is 0.387. The number of nitrogens with zero attached hydrogens (tertiary/aromatic N) is 2. The van der Waals surface area contributed by atoms with Gasteiger partial charge in [0.15, 0.2) is 6.10 Å². The molecule has 30 heavy (non-hydrogen) atoms. The Bertz CT molecular complexity index is 910. The van der Waals surface area contributed by atoms with Crippen LogP contribution in [0.5, 0.6) is 0 Å². The van der Waals surface area contributed by atoms with Crippen molar-refractivity contribution in [2.45, 2.75) is 78.7 Å². The molecule has 0 aliphatic carbocycles. The number of fused-ring (bicyclic) bond motifs is 1. The van der Waals surface area contributed by atoms with Crippen molar-refractivity contribution in [3.05, 3.63) is 23.0 Å². The molecule has 0 saturated heterocycles. The lowest BCUT2D eigenvalue weighted by molar-refractivity contribution is -0.164. The first kappa shape index (κ1) is 24.4. The minimum atomic E-state index is -1.16. The molecule has 1 aromatic heterocycles. The van der Waals surface area contributed by atoms with Gasteiger partial charge in [0.05, 0.1) is 23.9 Å². The fraction of sp³-hybridized carbons (Fsp3) is 0.636.